The van der Waals surface area contributed by atoms with E-state index in [2.05, 4.69) is 15.3 Å². The van der Waals surface area contributed by atoms with E-state index in [4.69, 9.17) is 0 Å². The van der Waals surface area contributed by atoms with Crippen LogP contribution in [0.15, 0.2) is 18.6 Å². The SMILES string of the molecule is CC1NC(=O)CN(Cc2ccncn2)C1=O. The minimum Gasteiger partial charge on any atom is -0.343 e. The normalized spacial score (nSPS) is 20.8. The Hall–Kier alpha value is -1.98. The molecule has 1 aromatic rings. The topological polar surface area (TPSA) is 75.2 Å². The summed E-state index contributed by atoms with van der Waals surface area (Å²) in [6.45, 7) is 2.11. The lowest BCUT2D eigenvalue weighted by Gasteiger charge is -2.30. The number of nitrogens with zero attached hydrogens (tertiary/aromatic N) is 3. The standard InChI is InChI=1S/C10H12N4O2/c1-7-10(16)14(5-9(15)13-7)4-8-2-3-11-6-12-8/h2-3,6-7H,4-5H2,1H3,(H,13,15). The van der Waals surface area contributed by atoms with Crippen molar-refractivity contribution in [3.63, 3.8) is 0 Å². The van der Waals surface area contributed by atoms with Crippen molar-refractivity contribution in [2.45, 2.75) is 19.5 Å². The molecule has 0 spiro atoms. The maximum atomic E-state index is 11.7. The monoisotopic (exact) mass is 220 g/mol. The lowest BCUT2D eigenvalue weighted by atomic mass is 10.2. The van der Waals surface area contributed by atoms with Crippen molar-refractivity contribution in [3.05, 3.63) is 24.3 Å². The second-order valence-corrected chi connectivity index (χ2v) is 3.68. The first kappa shape index (κ1) is 10.5. The smallest absolute Gasteiger partial charge is 0.245 e. The summed E-state index contributed by atoms with van der Waals surface area (Å²) in [5, 5.41) is 2.58. The van der Waals surface area contributed by atoms with Crippen LogP contribution in [0.25, 0.3) is 0 Å². The Morgan fingerprint density at radius 1 is 1.56 bits per heavy atom. The number of piperazine rings is 1. The second-order valence-electron chi connectivity index (χ2n) is 3.68. The van der Waals surface area contributed by atoms with E-state index >= 15 is 0 Å². The van der Waals surface area contributed by atoms with Crippen molar-refractivity contribution in [1.29, 1.82) is 0 Å². The minimum absolute atomic E-state index is 0.0850. The summed E-state index contributed by atoms with van der Waals surface area (Å²) in [4.78, 5) is 32.3. The van der Waals surface area contributed by atoms with E-state index in [1.165, 1.54) is 11.2 Å². The molecule has 1 fully saturated rings. The molecule has 0 aromatic carbocycles. The third-order valence-electron chi connectivity index (χ3n) is 2.39. The number of nitrogens with one attached hydrogen (secondary N) is 1. The van der Waals surface area contributed by atoms with Crippen LogP contribution in [0.2, 0.25) is 0 Å². The van der Waals surface area contributed by atoms with Crippen molar-refractivity contribution in [2.24, 2.45) is 0 Å². The molecule has 16 heavy (non-hydrogen) atoms. The van der Waals surface area contributed by atoms with E-state index in [0.717, 1.165) is 5.69 Å². The van der Waals surface area contributed by atoms with E-state index in [0.29, 0.717) is 6.54 Å². The molecule has 1 atom stereocenters. The average Bonchev–Trinajstić information content (AvgIpc) is 2.27. The molecular formula is C10H12N4O2. The summed E-state index contributed by atoms with van der Waals surface area (Å²) < 4.78 is 0. The van der Waals surface area contributed by atoms with Gasteiger partial charge in [0.15, 0.2) is 0 Å². The molecule has 0 radical (unpaired) electrons. The average molecular weight is 220 g/mol. The Morgan fingerprint density at radius 2 is 2.38 bits per heavy atom. The summed E-state index contributed by atoms with van der Waals surface area (Å²) in [6, 6.07) is 1.27. The van der Waals surface area contributed by atoms with Gasteiger partial charge < -0.3 is 10.2 Å². The molecule has 84 valence electrons. The maximum Gasteiger partial charge on any atom is 0.245 e. The van der Waals surface area contributed by atoms with E-state index in [1.54, 1.807) is 19.2 Å². The molecule has 1 aliphatic rings. The second kappa shape index (κ2) is 4.26. The number of carbonyl (C=O) groups is 2. The molecule has 2 heterocycles. The van der Waals surface area contributed by atoms with Crippen molar-refractivity contribution in [3.8, 4) is 0 Å². The lowest BCUT2D eigenvalue weighted by molar-refractivity contribution is -0.144. The van der Waals surface area contributed by atoms with Crippen molar-refractivity contribution >= 4 is 11.8 Å². The molecule has 0 aliphatic carbocycles. The first-order chi connectivity index (χ1) is 7.66. The highest BCUT2D eigenvalue weighted by Gasteiger charge is 2.29. The number of rotatable bonds is 2. The maximum absolute atomic E-state index is 11.7. The molecule has 0 bridgehead atoms. The molecule has 1 aromatic heterocycles. The zero-order valence-corrected chi connectivity index (χ0v) is 8.88. The summed E-state index contributed by atoms with van der Waals surface area (Å²) in [5.41, 5.74) is 0.727. The van der Waals surface area contributed by atoms with E-state index in [-0.39, 0.29) is 18.4 Å². The Morgan fingerprint density at radius 3 is 3.06 bits per heavy atom. The highest BCUT2D eigenvalue weighted by Crippen LogP contribution is 2.06. The zero-order chi connectivity index (χ0) is 11.5. The van der Waals surface area contributed by atoms with E-state index in [9.17, 15) is 9.59 Å². The van der Waals surface area contributed by atoms with Crippen LogP contribution in [-0.2, 0) is 16.1 Å². The van der Waals surface area contributed by atoms with Gasteiger partial charge in [-0.25, -0.2) is 9.97 Å². The molecule has 1 aliphatic heterocycles. The van der Waals surface area contributed by atoms with Gasteiger partial charge in [-0.15, -0.1) is 0 Å². The number of amides is 2. The van der Waals surface area contributed by atoms with Crippen LogP contribution in [0.3, 0.4) is 0 Å². The molecule has 1 saturated heterocycles. The number of hydrogen-bond acceptors (Lipinski definition) is 4. The fourth-order valence-electron chi connectivity index (χ4n) is 1.61. The largest absolute Gasteiger partial charge is 0.343 e. The Labute approximate surface area is 92.7 Å². The van der Waals surface area contributed by atoms with Crippen LogP contribution in [0.5, 0.6) is 0 Å². The highest BCUT2D eigenvalue weighted by atomic mass is 16.2. The first-order valence-electron chi connectivity index (χ1n) is 5.00. The summed E-state index contributed by atoms with van der Waals surface area (Å²) in [7, 11) is 0. The predicted molar refractivity (Wildman–Crippen MR) is 55.1 cm³/mol. The molecular weight excluding hydrogens is 208 g/mol. The fourth-order valence-corrected chi connectivity index (χ4v) is 1.61. The quantitative estimate of drug-likeness (QED) is 0.716. The van der Waals surface area contributed by atoms with Crippen molar-refractivity contribution < 1.29 is 9.59 Å². The van der Waals surface area contributed by atoms with Crippen LogP contribution >= 0.6 is 0 Å². The van der Waals surface area contributed by atoms with E-state index < -0.39 is 6.04 Å². The molecule has 1 unspecified atom stereocenters. The van der Waals surface area contributed by atoms with Gasteiger partial charge in [0.25, 0.3) is 0 Å². The Balaban J connectivity index is 2.09. The van der Waals surface area contributed by atoms with Gasteiger partial charge in [0, 0.05) is 6.20 Å². The molecule has 1 N–H and O–H groups in total. The van der Waals surface area contributed by atoms with Crippen LogP contribution in [0.1, 0.15) is 12.6 Å². The Kier molecular flexibility index (Phi) is 2.80. The van der Waals surface area contributed by atoms with Gasteiger partial charge in [-0.2, -0.15) is 0 Å². The zero-order valence-electron chi connectivity index (χ0n) is 8.88. The van der Waals surface area contributed by atoms with Crippen LogP contribution in [0, 0.1) is 0 Å². The fraction of sp³-hybridized carbons (Fsp3) is 0.400. The van der Waals surface area contributed by atoms with Gasteiger partial charge in [-0.3, -0.25) is 9.59 Å². The summed E-state index contributed by atoms with van der Waals surface area (Å²) in [5.74, 6) is -0.223. The summed E-state index contributed by atoms with van der Waals surface area (Å²) in [6.07, 6.45) is 3.04. The van der Waals surface area contributed by atoms with Gasteiger partial charge in [-0.1, -0.05) is 0 Å². The number of carbonyl (C=O) groups excluding carboxylic acids is 2. The molecule has 6 nitrogen and oxygen atoms in total. The Bertz CT molecular complexity index is 407. The third kappa shape index (κ3) is 2.16. The van der Waals surface area contributed by atoms with Gasteiger partial charge >= 0.3 is 0 Å². The molecule has 2 rings (SSSR count). The summed E-state index contributed by atoms with van der Waals surface area (Å²) >= 11 is 0. The third-order valence-corrected chi connectivity index (χ3v) is 2.39. The van der Waals surface area contributed by atoms with Crippen LogP contribution < -0.4 is 5.32 Å². The van der Waals surface area contributed by atoms with Crippen molar-refractivity contribution in [1.82, 2.24) is 20.2 Å². The van der Waals surface area contributed by atoms with Gasteiger partial charge in [0.2, 0.25) is 11.8 Å². The van der Waals surface area contributed by atoms with Crippen LogP contribution in [0.4, 0.5) is 0 Å². The van der Waals surface area contributed by atoms with Gasteiger partial charge in [-0.05, 0) is 13.0 Å². The van der Waals surface area contributed by atoms with E-state index in [1.807, 2.05) is 0 Å². The van der Waals surface area contributed by atoms with Gasteiger partial charge in [0.05, 0.1) is 12.2 Å². The molecule has 6 heteroatoms. The number of aromatic nitrogens is 2. The first-order valence-corrected chi connectivity index (χ1v) is 5.00. The highest BCUT2D eigenvalue weighted by molar-refractivity contribution is 5.94. The molecule has 0 saturated carbocycles. The van der Waals surface area contributed by atoms with Crippen LogP contribution in [-0.4, -0.2) is 39.3 Å². The minimum atomic E-state index is -0.455. The van der Waals surface area contributed by atoms with Gasteiger partial charge in [0.1, 0.15) is 18.9 Å². The predicted octanol–water partition coefficient (Wildman–Crippen LogP) is -0.677. The van der Waals surface area contributed by atoms with Crippen molar-refractivity contribution in [2.75, 3.05) is 6.54 Å². The molecule has 2 amide bonds. The lowest BCUT2D eigenvalue weighted by Crippen LogP contribution is -2.56. The number of hydrogen-bond donors (Lipinski definition) is 1.